The summed E-state index contributed by atoms with van der Waals surface area (Å²) in [6, 6.07) is 0. The van der Waals surface area contributed by atoms with Crippen LogP contribution in [0.4, 0.5) is 0 Å². The van der Waals surface area contributed by atoms with Crippen molar-refractivity contribution in [2.24, 2.45) is 29.6 Å². The van der Waals surface area contributed by atoms with Gasteiger partial charge in [-0.1, -0.05) is 66.3 Å². The smallest absolute Gasteiger partial charge is 0.172 e. The zero-order valence-corrected chi connectivity index (χ0v) is 32.0. The minimum Gasteiger partial charge on any atom is -0.393 e. The highest BCUT2D eigenvalue weighted by Crippen LogP contribution is 2.54. The Labute approximate surface area is 307 Å². The molecule has 0 aromatic rings. The van der Waals surface area contributed by atoms with Crippen molar-refractivity contribution in [3.8, 4) is 0 Å². The fraction of sp³-hybridized carbons (Fsp3) is 0.860. The first-order valence-electron chi connectivity index (χ1n) is 20.8. The van der Waals surface area contributed by atoms with Crippen molar-refractivity contribution >= 4 is 0 Å². The SMILES string of the molecule is C=C1CC2CCC34CC5OC6C(O3)C(C)C(C/C=C/CC(O)CC3C(CC7OC(CCC1O2)CC(C)C7=C)OC(CC(C)CC)C3C)OC6C5O4. The lowest BCUT2D eigenvalue weighted by molar-refractivity contribution is -0.262. The van der Waals surface area contributed by atoms with Crippen LogP contribution in [-0.4, -0.2) is 90.2 Å². The molecule has 8 nitrogen and oxygen atoms in total. The Balaban J connectivity index is 1.02. The summed E-state index contributed by atoms with van der Waals surface area (Å²) in [5.74, 6) is 1.15. The molecule has 0 amide bonds. The molecule has 8 fully saturated rings. The Kier molecular flexibility index (Phi) is 10.7. The highest BCUT2D eigenvalue weighted by Gasteiger charge is 2.67. The molecule has 9 aliphatic heterocycles. The maximum Gasteiger partial charge on any atom is 0.172 e. The zero-order chi connectivity index (χ0) is 35.6. The van der Waals surface area contributed by atoms with E-state index in [4.69, 9.17) is 33.2 Å². The maximum atomic E-state index is 11.5. The van der Waals surface area contributed by atoms with E-state index in [0.29, 0.717) is 24.2 Å². The standard InChI is InChI=1S/C43H66O8/c1-8-23(2)17-35-27(6)32-20-29(44)11-9-10-12-34-28(7)39-41-42(48-34)40-38(49-41)22-43(50-39,51-40)16-15-31-19-25(4)33(45-31)14-13-30-18-24(3)26(5)36(46-30)21-37(32)47-35/h9-10,23-24,27-42,44H,4-5,8,11-22H2,1-3,6-7H3/b10-9+. The van der Waals surface area contributed by atoms with Gasteiger partial charge in [-0.25, -0.2) is 0 Å². The van der Waals surface area contributed by atoms with Gasteiger partial charge in [-0.3, -0.25) is 0 Å². The van der Waals surface area contributed by atoms with E-state index in [1.807, 2.05) is 0 Å². The zero-order valence-electron chi connectivity index (χ0n) is 32.0. The van der Waals surface area contributed by atoms with Crippen molar-refractivity contribution in [2.75, 3.05) is 0 Å². The van der Waals surface area contributed by atoms with Gasteiger partial charge in [0.05, 0.1) is 61.0 Å². The van der Waals surface area contributed by atoms with Gasteiger partial charge in [-0.15, -0.1) is 0 Å². The number of hydrogen-bond donors (Lipinski definition) is 1. The minimum atomic E-state index is -0.650. The molecular formula is C43H66O8. The first-order valence-corrected chi connectivity index (χ1v) is 20.8. The normalized spacial score (nSPS) is 52.9. The topological polar surface area (TPSA) is 84.8 Å². The van der Waals surface area contributed by atoms with Crippen LogP contribution in [0.5, 0.6) is 0 Å². The van der Waals surface area contributed by atoms with Gasteiger partial charge in [-0.05, 0) is 92.6 Å². The summed E-state index contributed by atoms with van der Waals surface area (Å²) >= 11 is 0. The Morgan fingerprint density at radius 2 is 1.53 bits per heavy atom. The summed E-state index contributed by atoms with van der Waals surface area (Å²) in [6.45, 7) is 20.5. The van der Waals surface area contributed by atoms with E-state index >= 15 is 0 Å². The second kappa shape index (κ2) is 14.9. The lowest BCUT2D eigenvalue weighted by Crippen LogP contribution is -2.54. The molecular weight excluding hydrogens is 644 g/mol. The molecule has 9 rings (SSSR count). The van der Waals surface area contributed by atoms with E-state index in [-0.39, 0.29) is 85.1 Å². The summed E-state index contributed by atoms with van der Waals surface area (Å²) in [5.41, 5.74) is 2.39. The third kappa shape index (κ3) is 7.24. The Morgan fingerprint density at radius 1 is 0.784 bits per heavy atom. The van der Waals surface area contributed by atoms with Crippen molar-refractivity contribution in [1.82, 2.24) is 0 Å². The van der Waals surface area contributed by atoms with Gasteiger partial charge in [0.2, 0.25) is 0 Å². The lowest BCUT2D eigenvalue weighted by atomic mass is 9.78. The van der Waals surface area contributed by atoms with Crippen molar-refractivity contribution in [1.29, 1.82) is 0 Å². The highest BCUT2D eigenvalue weighted by atomic mass is 16.8. The summed E-state index contributed by atoms with van der Waals surface area (Å²) < 4.78 is 47.6. The van der Waals surface area contributed by atoms with Crippen LogP contribution in [0.25, 0.3) is 0 Å². The maximum absolute atomic E-state index is 11.5. The molecule has 51 heavy (non-hydrogen) atoms. The second-order valence-corrected chi connectivity index (χ2v) is 18.2. The average molecular weight is 711 g/mol. The van der Waals surface area contributed by atoms with Crippen LogP contribution in [0.2, 0.25) is 0 Å². The molecule has 9 aliphatic rings. The molecule has 1 spiro atoms. The van der Waals surface area contributed by atoms with Gasteiger partial charge in [0.25, 0.3) is 0 Å². The molecule has 0 aromatic carbocycles. The van der Waals surface area contributed by atoms with Crippen molar-refractivity contribution in [2.45, 2.75) is 203 Å². The summed E-state index contributed by atoms with van der Waals surface area (Å²) in [4.78, 5) is 0. The molecule has 286 valence electrons. The molecule has 8 saturated heterocycles. The van der Waals surface area contributed by atoms with Crippen molar-refractivity contribution in [3.05, 3.63) is 36.5 Å². The first-order chi connectivity index (χ1) is 24.5. The summed E-state index contributed by atoms with van der Waals surface area (Å²) in [6.07, 6.45) is 15.4. The summed E-state index contributed by atoms with van der Waals surface area (Å²) in [7, 11) is 0. The molecule has 0 radical (unpaired) electrons. The molecule has 19 atom stereocenters. The molecule has 0 saturated carbocycles. The molecule has 0 aliphatic carbocycles. The van der Waals surface area contributed by atoms with Crippen LogP contribution in [0.3, 0.4) is 0 Å². The van der Waals surface area contributed by atoms with Crippen LogP contribution in [0.15, 0.2) is 36.5 Å². The third-order valence-corrected chi connectivity index (χ3v) is 14.6. The van der Waals surface area contributed by atoms with Crippen LogP contribution in [0.1, 0.15) is 118 Å². The predicted molar refractivity (Wildman–Crippen MR) is 195 cm³/mol. The number of hydrogen-bond acceptors (Lipinski definition) is 8. The van der Waals surface area contributed by atoms with E-state index in [2.05, 4.69) is 59.9 Å². The molecule has 9 heterocycles. The van der Waals surface area contributed by atoms with E-state index in [0.717, 1.165) is 77.0 Å². The van der Waals surface area contributed by atoms with Gasteiger partial charge < -0.3 is 38.3 Å². The molecule has 11 bridgehead atoms. The van der Waals surface area contributed by atoms with Gasteiger partial charge >= 0.3 is 0 Å². The predicted octanol–water partition coefficient (Wildman–Crippen LogP) is 7.61. The van der Waals surface area contributed by atoms with Crippen LogP contribution < -0.4 is 0 Å². The minimum absolute atomic E-state index is 0.0146. The van der Waals surface area contributed by atoms with E-state index in [9.17, 15) is 5.11 Å². The highest BCUT2D eigenvalue weighted by molar-refractivity contribution is 5.14. The number of rotatable bonds is 3. The van der Waals surface area contributed by atoms with Gasteiger partial charge in [-0.2, -0.15) is 0 Å². The Bertz CT molecular complexity index is 1300. The summed E-state index contributed by atoms with van der Waals surface area (Å²) in [5, 5.41) is 11.5. The molecule has 19 unspecified atom stereocenters. The van der Waals surface area contributed by atoms with Gasteiger partial charge in [0.1, 0.15) is 18.3 Å². The van der Waals surface area contributed by atoms with E-state index in [1.54, 1.807) is 0 Å². The van der Waals surface area contributed by atoms with Crippen LogP contribution >= 0.6 is 0 Å². The monoisotopic (exact) mass is 710 g/mol. The molecule has 8 heteroatoms. The largest absolute Gasteiger partial charge is 0.393 e. The fourth-order valence-electron chi connectivity index (χ4n) is 11.1. The van der Waals surface area contributed by atoms with Gasteiger partial charge in [0, 0.05) is 25.2 Å². The first kappa shape index (κ1) is 36.9. The Hall–Kier alpha value is -1.10. The fourth-order valence-corrected chi connectivity index (χ4v) is 11.1. The van der Waals surface area contributed by atoms with E-state index in [1.165, 1.54) is 11.1 Å². The quantitative estimate of drug-likeness (QED) is 0.300. The number of aliphatic hydroxyl groups excluding tert-OH is 1. The lowest BCUT2D eigenvalue weighted by Gasteiger charge is -2.42. The van der Waals surface area contributed by atoms with E-state index < -0.39 is 11.9 Å². The number of ether oxygens (including phenoxy) is 7. The van der Waals surface area contributed by atoms with Crippen LogP contribution in [0, 0.1) is 29.6 Å². The van der Waals surface area contributed by atoms with Crippen molar-refractivity contribution in [3.63, 3.8) is 0 Å². The number of aliphatic hydroxyl groups is 1. The van der Waals surface area contributed by atoms with Crippen molar-refractivity contribution < 1.29 is 38.3 Å². The third-order valence-electron chi connectivity index (χ3n) is 14.6. The molecule has 1 N–H and O–H groups in total. The second-order valence-electron chi connectivity index (χ2n) is 18.2. The average Bonchev–Trinajstić information content (AvgIpc) is 3.76. The number of fused-ring (bicyclic) bond motifs is 6. The van der Waals surface area contributed by atoms with Crippen LogP contribution in [-0.2, 0) is 33.2 Å². The Morgan fingerprint density at radius 3 is 2.35 bits per heavy atom. The van der Waals surface area contributed by atoms with Gasteiger partial charge in [0.15, 0.2) is 5.79 Å². The molecule has 0 aromatic heterocycles.